The molecule has 3 aromatic carbocycles. The molecule has 0 spiro atoms. The zero-order valence-corrected chi connectivity index (χ0v) is 24.4. The molecule has 0 saturated carbocycles. The fourth-order valence-electron chi connectivity index (χ4n) is 4.85. The maximum atomic E-state index is 13.9. The van der Waals surface area contributed by atoms with Gasteiger partial charge in [-0.25, -0.2) is 4.68 Å². The summed E-state index contributed by atoms with van der Waals surface area (Å²) in [6, 6.07) is 24.5. The Labute approximate surface area is 249 Å². The van der Waals surface area contributed by atoms with Crippen LogP contribution in [0.3, 0.4) is 0 Å². The summed E-state index contributed by atoms with van der Waals surface area (Å²) in [7, 11) is 0. The zero-order chi connectivity index (χ0) is 29.8. The van der Waals surface area contributed by atoms with Gasteiger partial charge in [0.15, 0.2) is 0 Å². The van der Waals surface area contributed by atoms with Crippen LogP contribution in [0.15, 0.2) is 95.7 Å². The number of halogens is 1. The Hall–Kier alpha value is -4.93. The highest BCUT2D eigenvalue weighted by molar-refractivity contribution is 6.31. The fraction of sp³-hybridized carbons (Fsp3) is 0.176. The molecule has 0 fully saturated rings. The quantitative estimate of drug-likeness (QED) is 0.165. The van der Waals surface area contributed by atoms with Crippen LogP contribution in [0.2, 0.25) is 5.02 Å². The Bertz CT molecular complexity index is 1780. The Morgan fingerprint density at radius 2 is 1.74 bits per heavy atom. The molecule has 8 heteroatoms. The average molecular weight is 577 g/mol. The van der Waals surface area contributed by atoms with E-state index in [9.17, 15) is 14.9 Å². The van der Waals surface area contributed by atoms with E-state index in [4.69, 9.17) is 21.4 Å². The molecule has 7 nitrogen and oxygen atoms in total. The third-order valence-electron chi connectivity index (χ3n) is 7.10. The van der Waals surface area contributed by atoms with Gasteiger partial charge >= 0.3 is 0 Å². The standard InChI is InChI=1S/C34H29ClN4O3/c1-4-16-42-27-14-15-28(22(2)17-27)32-25(21-39(37-32)26-11-6-5-7-12-26)18-29-23(3)30(19-36)34(41)38(33(29)40)20-24-10-8-9-13-31(24)35/h5-15,17-18,21H,4,16,20H2,1-3H3/b29-18+. The summed E-state index contributed by atoms with van der Waals surface area (Å²) in [6.45, 7) is 6.24. The van der Waals surface area contributed by atoms with Crippen LogP contribution < -0.4 is 4.74 Å². The van der Waals surface area contributed by atoms with E-state index < -0.39 is 11.8 Å². The predicted octanol–water partition coefficient (Wildman–Crippen LogP) is 7.08. The molecule has 0 aliphatic carbocycles. The molecule has 0 bridgehead atoms. The van der Waals surface area contributed by atoms with Crippen LogP contribution in [0.1, 0.15) is 37.0 Å². The number of carbonyl (C=O) groups excluding carboxylic acids is 2. The van der Waals surface area contributed by atoms with Crippen molar-refractivity contribution in [2.45, 2.75) is 33.7 Å². The number of rotatable bonds is 8. The minimum Gasteiger partial charge on any atom is -0.494 e. The zero-order valence-electron chi connectivity index (χ0n) is 23.6. The van der Waals surface area contributed by atoms with Gasteiger partial charge in [-0.15, -0.1) is 0 Å². The molecule has 0 atom stereocenters. The van der Waals surface area contributed by atoms with E-state index in [0.29, 0.717) is 34.0 Å². The van der Waals surface area contributed by atoms with Crippen molar-refractivity contribution in [3.8, 4) is 28.8 Å². The number of nitrogens with zero attached hydrogens (tertiary/aromatic N) is 4. The maximum Gasteiger partial charge on any atom is 0.271 e. The second-order valence-corrected chi connectivity index (χ2v) is 10.4. The molecule has 2 amide bonds. The highest BCUT2D eigenvalue weighted by atomic mass is 35.5. The van der Waals surface area contributed by atoms with Crippen molar-refractivity contribution in [3.05, 3.63) is 117 Å². The average Bonchev–Trinajstić information content (AvgIpc) is 3.41. The predicted molar refractivity (Wildman–Crippen MR) is 163 cm³/mol. The molecular weight excluding hydrogens is 548 g/mol. The van der Waals surface area contributed by atoms with Crippen molar-refractivity contribution in [3.63, 3.8) is 0 Å². The third-order valence-corrected chi connectivity index (χ3v) is 7.47. The Kier molecular flexibility index (Phi) is 8.37. The summed E-state index contributed by atoms with van der Waals surface area (Å²) in [5.74, 6) is -0.375. The summed E-state index contributed by atoms with van der Waals surface area (Å²) in [4.78, 5) is 28.2. The van der Waals surface area contributed by atoms with E-state index in [1.807, 2.05) is 67.7 Å². The van der Waals surface area contributed by atoms with Crippen molar-refractivity contribution >= 4 is 29.5 Å². The van der Waals surface area contributed by atoms with Gasteiger partial charge in [-0.05, 0) is 79.4 Å². The second-order valence-electron chi connectivity index (χ2n) is 10.00. The summed E-state index contributed by atoms with van der Waals surface area (Å²) in [5, 5.41) is 15.2. The second kappa shape index (κ2) is 12.3. The molecule has 0 radical (unpaired) electrons. The summed E-state index contributed by atoms with van der Waals surface area (Å²) in [5.41, 5.74) is 5.07. The van der Waals surface area contributed by atoms with Crippen molar-refractivity contribution in [1.82, 2.24) is 14.7 Å². The smallest absolute Gasteiger partial charge is 0.271 e. The highest BCUT2D eigenvalue weighted by Gasteiger charge is 2.36. The van der Waals surface area contributed by atoms with Gasteiger partial charge in [-0.2, -0.15) is 10.4 Å². The molecular formula is C34H29ClN4O3. The van der Waals surface area contributed by atoms with Gasteiger partial charge in [0.05, 0.1) is 18.8 Å². The van der Waals surface area contributed by atoms with E-state index in [2.05, 4.69) is 6.92 Å². The SMILES string of the molecule is CCCOc1ccc(-c2nn(-c3ccccc3)cc2/C=C2/C(=O)N(Cc3ccccc3Cl)C(=O)C(C#N)=C2C)c(C)c1. The Morgan fingerprint density at radius 3 is 2.43 bits per heavy atom. The first-order valence-electron chi connectivity index (χ1n) is 13.6. The van der Waals surface area contributed by atoms with Gasteiger partial charge in [-0.3, -0.25) is 14.5 Å². The summed E-state index contributed by atoms with van der Waals surface area (Å²) < 4.78 is 7.58. The van der Waals surface area contributed by atoms with Gasteiger partial charge in [-0.1, -0.05) is 54.9 Å². The molecule has 4 aromatic rings. The number of ether oxygens (including phenoxy) is 1. The van der Waals surface area contributed by atoms with Gasteiger partial charge in [0, 0.05) is 27.9 Å². The Balaban J connectivity index is 1.65. The number of nitriles is 1. The van der Waals surface area contributed by atoms with E-state index >= 15 is 0 Å². The van der Waals surface area contributed by atoms with Gasteiger partial charge in [0.1, 0.15) is 23.1 Å². The van der Waals surface area contributed by atoms with E-state index in [1.54, 1.807) is 41.9 Å². The summed E-state index contributed by atoms with van der Waals surface area (Å²) in [6.07, 6.45) is 4.46. The van der Waals surface area contributed by atoms with Crippen LogP contribution in [0.25, 0.3) is 23.0 Å². The van der Waals surface area contributed by atoms with Crippen LogP contribution in [0.5, 0.6) is 5.75 Å². The molecule has 42 heavy (non-hydrogen) atoms. The highest BCUT2D eigenvalue weighted by Crippen LogP contribution is 2.34. The van der Waals surface area contributed by atoms with Gasteiger partial charge < -0.3 is 4.74 Å². The molecule has 0 saturated heterocycles. The maximum absolute atomic E-state index is 13.9. The van der Waals surface area contributed by atoms with Crippen molar-refractivity contribution in [2.75, 3.05) is 6.61 Å². The lowest BCUT2D eigenvalue weighted by molar-refractivity contribution is -0.141. The number of amides is 2. The minimum absolute atomic E-state index is 0.0540. The van der Waals surface area contributed by atoms with Crippen molar-refractivity contribution < 1.29 is 14.3 Å². The molecule has 1 aromatic heterocycles. The topological polar surface area (TPSA) is 88.2 Å². The fourth-order valence-corrected chi connectivity index (χ4v) is 5.05. The molecule has 5 rings (SSSR count). The third kappa shape index (κ3) is 5.63. The Morgan fingerprint density at radius 1 is 1.00 bits per heavy atom. The largest absolute Gasteiger partial charge is 0.494 e. The number of hydrogen-bond donors (Lipinski definition) is 0. The van der Waals surface area contributed by atoms with Crippen molar-refractivity contribution in [2.24, 2.45) is 0 Å². The number of aromatic nitrogens is 2. The lowest BCUT2D eigenvalue weighted by Gasteiger charge is -2.27. The van der Waals surface area contributed by atoms with Crippen LogP contribution in [-0.4, -0.2) is 33.1 Å². The van der Waals surface area contributed by atoms with E-state index in [1.165, 1.54) is 0 Å². The van der Waals surface area contributed by atoms with Crippen LogP contribution in [0.4, 0.5) is 0 Å². The first-order valence-corrected chi connectivity index (χ1v) is 14.0. The van der Waals surface area contributed by atoms with Crippen molar-refractivity contribution in [1.29, 1.82) is 5.26 Å². The lowest BCUT2D eigenvalue weighted by atomic mass is 9.92. The first kappa shape index (κ1) is 28.6. The molecule has 1 aliphatic heterocycles. The van der Waals surface area contributed by atoms with Gasteiger partial charge in [0.2, 0.25) is 0 Å². The number of benzene rings is 3. The monoisotopic (exact) mass is 576 g/mol. The first-order chi connectivity index (χ1) is 20.3. The minimum atomic E-state index is -0.643. The summed E-state index contributed by atoms with van der Waals surface area (Å²) >= 11 is 6.35. The lowest BCUT2D eigenvalue weighted by Crippen LogP contribution is -2.42. The molecule has 1 aliphatic rings. The normalized spacial score (nSPS) is 14.5. The molecule has 0 unspecified atom stereocenters. The number of para-hydroxylation sites is 1. The molecule has 2 heterocycles. The number of imide groups is 1. The van der Waals surface area contributed by atoms with Gasteiger partial charge in [0.25, 0.3) is 11.8 Å². The van der Waals surface area contributed by atoms with Crippen LogP contribution in [-0.2, 0) is 16.1 Å². The molecule has 210 valence electrons. The molecule has 0 N–H and O–H groups in total. The van der Waals surface area contributed by atoms with E-state index in [-0.39, 0.29) is 17.7 Å². The number of hydrogen-bond acceptors (Lipinski definition) is 5. The van der Waals surface area contributed by atoms with Crippen LogP contribution in [0, 0.1) is 18.3 Å². The number of aryl methyl sites for hydroxylation is 1. The van der Waals surface area contributed by atoms with Crippen LogP contribution >= 0.6 is 11.6 Å². The number of carbonyl (C=O) groups is 2. The van der Waals surface area contributed by atoms with E-state index in [0.717, 1.165) is 33.9 Å².